The average Bonchev–Trinajstić information content (AvgIpc) is 3.03. The van der Waals surface area contributed by atoms with Gasteiger partial charge in [0.1, 0.15) is 16.7 Å². The molecule has 2 aromatic carbocycles. The van der Waals surface area contributed by atoms with Crippen molar-refractivity contribution >= 4 is 62.2 Å². The molecule has 1 aliphatic heterocycles. The summed E-state index contributed by atoms with van der Waals surface area (Å²) in [7, 11) is 0. The van der Waals surface area contributed by atoms with Crippen molar-refractivity contribution in [1.82, 2.24) is 4.90 Å². The van der Waals surface area contributed by atoms with E-state index in [4.69, 9.17) is 21.7 Å². The van der Waals surface area contributed by atoms with E-state index in [2.05, 4.69) is 15.9 Å². The van der Waals surface area contributed by atoms with Crippen molar-refractivity contribution in [3.63, 3.8) is 0 Å². The molecule has 0 saturated carbocycles. The minimum Gasteiger partial charge on any atom is -0.488 e. The maximum Gasteiger partial charge on any atom is 0.307 e. The van der Waals surface area contributed by atoms with Gasteiger partial charge >= 0.3 is 5.97 Å². The Hall–Kier alpha value is -2.16. The number of benzene rings is 2. The van der Waals surface area contributed by atoms with Gasteiger partial charge in [-0.1, -0.05) is 77.2 Å². The second-order valence-electron chi connectivity index (χ2n) is 6.76. The maximum absolute atomic E-state index is 12.9. The SMILES string of the molecule is CCCOC(=O)CCN1C(=O)/C(=C/c2cc(Br)ccc2OCc2ccccc2)SC1=S. The lowest BCUT2D eigenvalue weighted by Crippen LogP contribution is -2.30. The Morgan fingerprint density at radius 2 is 2.00 bits per heavy atom. The topological polar surface area (TPSA) is 55.8 Å². The molecule has 1 aliphatic rings. The van der Waals surface area contributed by atoms with E-state index in [-0.39, 0.29) is 24.8 Å². The van der Waals surface area contributed by atoms with E-state index >= 15 is 0 Å². The van der Waals surface area contributed by atoms with Crippen molar-refractivity contribution in [1.29, 1.82) is 0 Å². The summed E-state index contributed by atoms with van der Waals surface area (Å²) in [6.45, 7) is 2.94. The highest BCUT2D eigenvalue weighted by Gasteiger charge is 2.32. The molecule has 0 N–H and O–H groups in total. The van der Waals surface area contributed by atoms with Crippen LogP contribution in [0.2, 0.25) is 0 Å². The number of carbonyl (C=O) groups is 2. The number of nitrogens with zero attached hydrogens (tertiary/aromatic N) is 1. The average molecular weight is 520 g/mol. The first kappa shape index (κ1) is 23.5. The number of thioether (sulfide) groups is 1. The monoisotopic (exact) mass is 519 g/mol. The number of hydrogen-bond donors (Lipinski definition) is 0. The van der Waals surface area contributed by atoms with Crippen LogP contribution in [0.25, 0.3) is 6.08 Å². The van der Waals surface area contributed by atoms with Crippen LogP contribution in [0.4, 0.5) is 0 Å². The third kappa shape index (κ3) is 6.66. The third-order valence-corrected chi connectivity index (χ3v) is 6.25. The van der Waals surface area contributed by atoms with Crippen molar-refractivity contribution in [2.24, 2.45) is 0 Å². The van der Waals surface area contributed by atoms with Gasteiger partial charge in [0.2, 0.25) is 0 Å². The zero-order valence-corrected chi connectivity index (χ0v) is 20.2. The van der Waals surface area contributed by atoms with Crippen LogP contribution >= 0.6 is 39.9 Å². The summed E-state index contributed by atoms with van der Waals surface area (Å²) in [5.74, 6) is 0.121. The molecule has 0 spiro atoms. The highest BCUT2D eigenvalue weighted by atomic mass is 79.9. The summed E-state index contributed by atoms with van der Waals surface area (Å²) >= 11 is 10.1. The second kappa shape index (κ2) is 11.5. The van der Waals surface area contributed by atoms with E-state index in [0.29, 0.717) is 28.2 Å². The number of hydrogen-bond acceptors (Lipinski definition) is 6. The molecule has 5 nitrogen and oxygen atoms in total. The molecule has 0 aliphatic carbocycles. The lowest BCUT2D eigenvalue weighted by atomic mass is 10.1. The molecular formula is C23H22BrNO4S2. The van der Waals surface area contributed by atoms with Gasteiger partial charge in [-0.05, 0) is 36.3 Å². The molecule has 2 aromatic rings. The van der Waals surface area contributed by atoms with Crippen LogP contribution in [0, 0.1) is 0 Å². The minimum absolute atomic E-state index is 0.113. The summed E-state index contributed by atoms with van der Waals surface area (Å²) in [6, 6.07) is 15.5. The first-order valence-corrected chi connectivity index (χ1v) is 11.9. The van der Waals surface area contributed by atoms with Crippen LogP contribution in [-0.2, 0) is 20.9 Å². The number of carbonyl (C=O) groups excluding carboxylic acids is 2. The Bertz CT molecular complexity index is 994. The summed E-state index contributed by atoms with van der Waals surface area (Å²) in [4.78, 5) is 26.6. The molecule has 0 aromatic heterocycles. The van der Waals surface area contributed by atoms with Crippen molar-refractivity contribution in [2.45, 2.75) is 26.4 Å². The smallest absolute Gasteiger partial charge is 0.307 e. The van der Waals surface area contributed by atoms with Crippen LogP contribution in [0.15, 0.2) is 57.9 Å². The zero-order valence-electron chi connectivity index (χ0n) is 17.0. The van der Waals surface area contributed by atoms with Gasteiger partial charge in [0.25, 0.3) is 5.91 Å². The molecule has 162 valence electrons. The van der Waals surface area contributed by atoms with Gasteiger partial charge < -0.3 is 9.47 Å². The van der Waals surface area contributed by atoms with Crippen LogP contribution in [-0.4, -0.2) is 34.2 Å². The van der Waals surface area contributed by atoms with Crippen molar-refractivity contribution in [2.75, 3.05) is 13.2 Å². The van der Waals surface area contributed by atoms with E-state index in [0.717, 1.165) is 22.0 Å². The van der Waals surface area contributed by atoms with Gasteiger partial charge in [-0.3, -0.25) is 14.5 Å². The van der Waals surface area contributed by atoms with E-state index < -0.39 is 0 Å². The van der Waals surface area contributed by atoms with Crippen molar-refractivity contribution in [3.8, 4) is 5.75 Å². The molecule has 31 heavy (non-hydrogen) atoms. The molecule has 3 rings (SSSR count). The predicted octanol–water partition coefficient (Wildman–Crippen LogP) is 5.57. The number of halogens is 1. The number of esters is 1. The predicted molar refractivity (Wildman–Crippen MR) is 131 cm³/mol. The summed E-state index contributed by atoms with van der Waals surface area (Å²) in [5.41, 5.74) is 1.82. The third-order valence-electron chi connectivity index (χ3n) is 4.38. The molecule has 8 heteroatoms. The molecule has 0 atom stereocenters. The zero-order chi connectivity index (χ0) is 22.2. The van der Waals surface area contributed by atoms with Gasteiger partial charge in [0.05, 0.1) is 17.9 Å². The Labute approximate surface area is 199 Å². The fraction of sp³-hybridized carbons (Fsp3) is 0.261. The van der Waals surface area contributed by atoms with Gasteiger partial charge in [-0.2, -0.15) is 0 Å². The van der Waals surface area contributed by atoms with E-state index in [1.807, 2.05) is 55.5 Å². The number of ether oxygens (including phenoxy) is 2. The minimum atomic E-state index is -0.330. The molecule has 0 radical (unpaired) electrons. The summed E-state index contributed by atoms with van der Waals surface area (Å²) in [6.07, 6.45) is 2.65. The Kier molecular flexibility index (Phi) is 8.69. The molecular weight excluding hydrogens is 498 g/mol. The van der Waals surface area contributed by atoms with Gasteiger partial charge in [-0.25, -0.2) is 0 Å². The fourth-order valence-electron chi connectivity index (χ4n) is 2.82. The molecule has 0 bridgehead atoms. The number of thiocarbonyl (C=S) groups is 1. The van der Waals surface area contributed by atoms with E-state index in [1.54, 1.807) is 6.08 Å². The molecule has 1 fully saturated rings. The Balaban J connectivity index is 1.72. The maximum atomic E-state index is 12.9. The van der Waals surface area contributed by atoms with Gasteiger partial charge in [0, 0.05) is 16.6 Å². The van der Waals surface area contributed by atoms with E-state index in [1.165, 1.54) is 16.7 Å². The van der Waals surface area contributed by atoms with Gasteiger partial charge in [-0.15, -0.1) is 0 Å². The summed E-state index contributed by atoms with van der Waals surface area (Å²) in [5, 5.41) is 0. The fourth-order valence-corrected chi connectivity index (χ4v) is 4.50. The Morgan fingerprint density at radius 1 is 1.23 bits per heavy atom. The van der Waals surface area contributed by atoms with E-state index in [9.17, 15) is 9.59 Å². The summed E-state index contributed by atoms with van der Waals surface area (Å²) < 4.78 is 12.4. The molecule has 1 heterocycles. The normalized spacial score (nSPS) is 14.9. The first-order chi connectivity index (χ1) is 15.0. The molecule has 1 saturated heterocycles. The van der Waals surface area contributed by atoms with Gasteiger partial charge in [0.15, 0.2) is 0 Å². The van der Waals surface area contributed by atoms with Crippen LogP contribution < -0.4 is 4.74 Å². The molecule has 1 amide bonds. The van der Waals surface area contributed by atoms with Crippen LogP contribution in [0.1, 0.15) is 30.9 Å². The lowest BCUT2D eigenvalue weighted by molar-refractivity contribution is -0.143. The highest BCUT2D eigenvalue weighted by molar-refractivity contribution is 9.10. The first-order valence-electron chi connectivity index (χ1n) is 9.85. The van der Waals surface area contributed by atoms with Crippen molar-refractivity contribution < 1.29 is 19.1 Å². The Morgan fingerprint density at radius 3 is 2.74 bits per heavy atom. The molecule has 0 unspecified atom stereocenters. The van der Waals surface area contributed by atoms with Crippen LogP contribution in [0.3, 0.4) is 0 Å². The second-order valence-corrected chi connectivity index (χ2v) is 9.35. The number of rotatable bonds is 9. The highest BCUT2D eigenvalue weighted by Crippen LogP contribution is 2.35. The van der Waals surface area contributed by atoms with Crippen molar-refractivity contribution in [3.05, 3.63) is 69.0 Å². The lowest BCUT2D eigenvalue weighted by Gasteiger charge is -2.13. The standard InChI is InChI=1S/C23H22BrNO4S2/c1-2-12-28-21(26)10-11-25-22(27)20(31-23(25)30)14-17-13-18(24)8-9-19(17)29-15-16-6-4-3-5-7-16/h3-9,13-14H,2,10-12,15H2,1H3/b20-14-. The quantitative estimate of drug-likeness (QED) is 0.245. The largest absolute Gasteiger partial charge is 0.488 e. The number of amides is 1. The van der Waals surface area contributed by atoms with Crippen LogP contribution in [0.5, 0.6) is 5.75 Å².